The fraction of sp³-hybridized carbons (Fsp3) is 0.0303. The van der Waals surface area contributed by atoms with Crippen LogP contribution in [-0.2, 0) is 7.05 Å². The topological polar surface area (TPSA) is 8.17 Å². The average molecular weight is 449 g/mol. The first kappa shape index (κ1) is 19.9. The van der Waals surface area contributed by atoms with Crippen molar-refractivity contribution in [2.45, 2.75) is 0 Å². The van der Waals surface area contributed by atoms with E-state index in [0.717, 1.165) is 11.4 Å². The Kier molecular flexibility index (Phi) is 4.40. The molecule has 0 amide bonds. The predicted molar refractivity (Wildman–Crippen MR) is 150 cm³/mol. The van der Waals surface area contributed by atoms with Gasteiger partial charge in [-0.15, -0.1) is 0 Å². The average Bonchev–Trinajstić information content (AvgIpc) is 3.22. The lowest BCUT2D eigenvalue weighted by molar-refractivity contribution is 1.01. The number of aromatic nitrogens is 1. The van der Waals surface area contributed by atoms with Gasteiger partial charge in [0.25, 0.3) is 0 Å². The van der Waals surface area contributed by atoms with Gasteiger partial charge in [-0.25, -0.2) is 0 Å². The van der Waals surface area contributed by atoms with Gasteiger partial charge in [-0.2, -0.15) is 0 Å². The molecule has 1 aromatic heterocycles. The molecule has 0 aliphatic rings. The van der Waals surface area contributed by atoms with Crippen LogP contribution in [0.15, 0.2) is 127 Å². The van der Waals surface area contributed by atoms with Crippen LogP contribution in [0, 0.1) is 0 Å². The van der Waals surface area contributed by atoms with Crippen LogP contribution >= 0.6 is 0 Å². The third-order valence-electron chi connectivity index (χ3n) is 7.15. The van der Waals surface area contributed by atoms with Crippen molar-refractivity contribution in [1.82, 2.24) is 4.57 Å². The maximum absolute atomic E-state index is 2.40. The Morgan fingerprint density at radius 1 is 0.486 bits per heavy atom. The van der Waals surface area contributed by atoms with Gasteiger partial charge >= 0.3 is 0 Å². The fourth-order valence-electron chi connectivity index (χ4n) is 5.50. The monoisotopic (exact) mass is 448 g/mol. The highest BCUT2D eigenvalue weighted by molar-refractivity contribution is 6.25. The van der Waals surface area contributed by atoms with Crippen molar-refractivity contribution in [2.75, 3.05) is 4.90 Å². The van der Waals surface area contributed by atoms with Crippen molar-refractivity contribution in [3.63, 3.8) is 0 Å². The lowest BCUT2D eigenvalue weighted by Gasteiger charge is -2.27. The number of fused-ring (bicyclic) bond motifs is 6. The summed E-state index contributed by atoms with van der Waals surface area (Å²) in [6.07, 6.45) is 0. The first-order chi connectivity index (χ1) is 17.3. The van der Waals surface area contributed by atoms with E-state index in [-0.39, 0.29) is 0 Å². The van der Waals surface area contributed by atoms with Crippen LogP contribution in [0.3, 0.4) is 0 Å². The lowest BCUT2D eigenvalue weighted by Crippen LogP contribution is -2.10. The second-order valence-corrected chi connectivity index (χ2v) is 9.11. The summed E-state index contributed by atoms with van der Waals surface area (Å²) in [7, 11) is 2.17. The van der Waals surface area contributed by atoms with Crippen LogP contribution in [0.2, 0.25) is 0 Å². The zero-order valence-corrected chi connectivity index (χ0v) is 19.5. The van der Waals surface area contributed by atoms with Crippen LogP contribution in [-0.4, -0.2) is 4.57 Å². The molecule has 0 atom stereocenters. The van der Waals surface area contributed by atoms with Gasteiger partial charge in [0, 0.05) is 34.7 Å². The molecule has 0 unspecified atom stereocenters. The molecular weight excluding hydrogens is 424 g/mol. The number of hydrogen-bond donors (Lipinski definition) is 0. The van der Waals surface area contributed by atoms with E-state index in [1.807, 2.05) is 0 Å². The molecule has 35 heavy (non-hydrogen) atoms. The van der Waals surface area contributed by atoms with Gasteiger partial charge in [-0.05, 0) is 64.0 Å². The summed E-state index contributed by atoms with van der Waals surface area (Å²) in [6.45, 7) is 0. The zero-order chi connectivity index (χ0) is 23.4. The number of para-hydroxylation sites is 1. The van der Waals surface area contributed by atoms with Crippen molar-refractivity contribution in [2.24, 2.45) is 7.05 Å². The second kappa shape index (κ2) is 7.75. The maximum atomic E-state index is 2.40. The molecule has 0 radical (unpaired) electrons. The molecule has 1 heterocycles. The Labute approximate surface area is 204 Å². The van der Waals surface area contributed by atoms with E-state index in [1.54, 1.807) is 0 Å². The highest BCUT2D eigenvalue weighted by atomic mass is 15.1. The van der Waals surface area contributed by atoms with E-state index in [1.165, 1.54) is 49.0 Å². The third-order valence-corrected chi connectivity index (χ3v) is 7.15. The van der Waals surface area contributed by atoms with E-state index in [9.17, 15) is 0 Å². The summed E-state index contributed by atoms with van der Waals surface area (Å²) in [5, 5.41) is 7.62. The van der Waals surface area contributed by atoms with Crippen LogP contribution in [0.5, 0.6) is 0 Å². The maximum Gasteiger partial charge on any atom is 0.0562 e. The summed E-state index contributed by atoms with van der Waals surface area (Å²) >= 11 is 0. The molecule has 166 valence electrons. The number of anilines is 3. The molecule has 0 saturated heterocycles. The number of aryl methyl sites for hydroxylation is 1. The van der Waals surface area contributed by atoms with Gasteiger partial charge in [-0.3, -0.25) is 0 Å². The third kappa shape index (κ3) is 3.04. The minimum atomic E-state index is 1.15. The first-order valence-corrected chi connectivity index (χ1v) is 12.0. The molecule has 0 fully saturated rings. The molecule has 2 nitrogen and oxygen atoms in total. The Morgan fingerprint density at radius 2 is 1.17 bits per heavy atom. The molecule has 7 rings (SSSR count). The number of rotatable bonds is 3. The highest BCUT2D eigenvalue weighted by Crippen LogP contribution is 2.44. The summed E-state index contributed by atoms with van der Waals surface area (Å²) in [4.78, 5) is 2.40. The normalized spacial score (nSPS) is 11.6. The molecule has 0 bridgehead atoms. The van der Waals surface area contributed by atoms with E-state index in [0.29, 0.717) is 0 Å². The molecule has 0 aliphatic heterocycles. The van der Waals surface area contributed by atoms with Crippen LogP contribution in [0.1, 0.15) is 0 Å². The van der Waals surface area contributed by atoms with Crippen molar-refractivity contribution in [1.29, 1.82) is 0 Å². The predicted octanol–water partition coefficient (Wildman–Crippen LogP) is 9.11. The number of benzene rings is 6. The quantitative estimate of drug-likeness (QED) is 0.262. The molecule has 7 aromatic rings. The van der Waals surface area contributed by atoms with Gasteiger partial charge in [0.05, 0.1) is 11.2 Å². The Hall–Kier alpha value is -4.56. The Balaban J connectivity index is 1.61. The van der Waals surface area contributed by atoms with Crippen molar-refractivity contribution >= 4 is 60.4 Å². The lowest BCUT2D eigenvalue weighted by atomic mass is 10.0. The Bertz CT molecular complexity index is 1860. The summed E-state index contributed by atoms with van der Waals surface area (Å²) in [5.74, 6) is 0. The second-order valence-electron chi connectivity index (χ2n) is 9.11. The SMILES string of the molecule is Cn1c2cccc(N(c3ccccc3)c3ccc4ccccc4c3)c2c2c3ccccc3ccc21. The van der Waals surface area contributed by atoms with Gasteiger partial charge in [0.1, 0.15) is 0 Å². The molecule has 0 aliphatic carbocycles. The minimum absolute atomic E-state index is 1.15. The Morgan fingerprint density at radius 3 is 2.03 bits per heavy atom. The van der Waals surface area contributed by atoms with Crippen molar-refractivity contribution < 1.29 is 0 Å². The molecular formula is C33H24N2. The van der Waals surface area contributed by atoms with E-state index in [4.69, 9.17) is 0 Å². The van der Waals surface area contributed by atoms with E-state index >= 15 is 0 Å². The van der Waals surface area contributed by atoms with Gasteiger partial charge in [0.15, 0.2) is 0 Å². The smallest absolute Gasteiger partial charge is 0.0562 e. The molecule has 0 N–H and O–H groups in total. The van der Waals surface area contributed by atoms with E-state index < -0.39 is 0 Å². The summed E-state index contributed by atoms with van der Waals surface area (Å²) in [6, 6.07) is 45.9. The van der Waals surface area contributed by atoms with Gasteiger partial charge < -0.3 is 9.47 Å². The molecule has 0 spiro atoms. The first-order valence-electron chi connectivity index (χ1n) is 12.0. The summed E-state index contributed by atoms with van der Waals surface area (Å²) in [5.41, 5.74) is 5.96. The largest absolute Gasteiger partial charge is 0.344 e. The van der Waals surface area contributed by atoms with Gasteiger partial charge in [-0.1, -0.05) is 84.9 Å². The zero-order valence-electron chi connectivity index (χ0n) is 19.5. The van der Waals surface area contributed by atoms with Crippen molar-refractivity contribution in [3.8, 4) is 0 Å². The summed E-state index contributed by atoms with van der Waals surface area (Å²) < 4.78 is 2.32. The number of hydrogen-bond acceptors (Lipinski definition) is 1. The highest BCUT2D eigenvalue weighted by Gasteiger charge is 2.20. The van der Waals surface area contributed by atoms with Gasteiger partial charge in [0.2, 0.25) is 0 Å². The van der Waals surface area contributed by atoms with Crippen LogP contribution in [0.25, 0.3) is 43.4 Å². The fourth-order valence-corrected chi connectivity index (χ4v) is 5.50. The van der Waals surface area contributed by atoms with Crippen LogP contribution in [0.4, 0.5) is 17.1 Å². The molecule has 6 aromatic carbocycles. The number of nitrogens with zero attached hydrogens (tertiary/aromatic N) is 2. The minimum Gasteiger partial charge on any atom is -0.344 e. The van der Waals surface area contributed by atoms with Crippen molar-refractivity contribution in [3.05, 3.63) is 127 Å². The van der Waals surface area contributed by atoms with E-state index in [2.05, 4.69) is 144 Å². The molecule has 2 heteroatoms. The van der Waals surface area contributed by atoms with Crippen LogP contribution < -0.4 is 4.90 Å². The molecule has 0 saturated carbocycles. The standard InChI is InChI=1S/C33H24N2/c1-34-29-16-9-17-31(33(29)32-28-15-8-7-11-24(28)19-21-30(32)34)35(26-13-3-2-4-14-26)27-20-18-23-10-5-6-12-25(23)22-27/h2-22H,1H3.